The number of aromatic nitrogens is 1. The van der Waals surface area contributed by atoms with Crippen molar-refractivity contribution in [1.82, 2.24) is 9.88 Å². The molecule has 278 valence electrons. The number of fused-ring (bicyclic) bond motifs is 4. The number of hydrogen-bond acceptors (Lipinski definition) is 8. The molecule has 2 spiro atoms. The van der Waals surface area contributed by atoms with E-state index < -0.39 is 30.2 Å². The van der Waals surface area contributed by atoms with Crippen LogP contribution >= 0.6 is 0 Å². The Hall–Kier alpha value is -1.62. The van der Waals surface area contributed by atoms with Crippen molar-refractivity contribution in [3.05, 3.63) is 30.1 Å². The third kappa shape index (κ3) is 4.85. The van der Waals surface area contributed by atoms with E-state index in [4.69, 9.17) is 14.2 Å². The number of carbonyl (C=O) groups is 1. The maximum absolute atomic E-state index is 13.2. The molecule has 9 nitrogen and oxygen atoms in total. The number of carbonyl (C=O) groups excluding carboxylic acids is 1. The highest BCUT2D eigenvalue weighted by atomic mass is 16.7. The molecule has 10 unspecified atom stereocenters. The Kier molecular flexibility index (Phi) is 8.28. The SMILES string of the molecule is C[C@@H]1CC(C(O)C(C)(C)O)OC2C1C1(C)CCC34CC35CCC(OC3CN(C(=O)Cc6ccncc6)CCO3)C(C)(C)[C@@H]5CCC4[C@]1(C)[C@H]2O. The van der Waals surface area contributed by atoms with Crippen molar-refractivity contribution in [1.29, 1.82) is 0 Å². The second kappa shape index (κ2) is 11.7. The average molecular weight is 695 g/mol. The number of aliphatic hydroxyl groups excluding tert-OH is 2. The Morgan fingerprint density at radius 3 is 2.50 bits per heavy atom. The normalized spacial score (nSPS) is 48.4. The van der Waals surface area contributed by atoms with Gasteiger partial charge in [-0.15, -0.1) is 0 Å². The van der Waals surface area contributed by atoms with E-state index in [1.54, 1.807) is 26.2 Å². The second-order valence-corrected chi connectivity index (χ2v) is 19.5. The molecule has 3 heterocycles. The van der Waals surface area contributed by atoms with Crippen LogP contribution in [-0.4, -0.2) is 93.2 Å². The van der Waals surface area contributed by atoms with E-state index >= 15 is 0 Å². The van der Waals surface area contributed by atoms with Gasteiger partial charge in [0.15, 0.2) is 6.29 Å². The zero-order valence-electron chi connectivity index (χ0n) is 31.4. The van der Waals surface area contributed by atoms with Gasteiger partial charge in [-0.2, -0.15) is 0 Å². The highest BCUT2D eigenvalue weighted by Gasteiger charge is 2.84. The Labute approximate surface area is 298 Å². The standard InChI is InChI=1S/C41H62N2O7/c1-24-20-26(34(45)37(4,5)47)49-33-32(24)38(6)14-15-41-23-40(41)13-10-29(36(2,3)27(40)8-9-28(41)39(38,7)35(33)46)50-31-22-43(18-19-48-31)30(44)21-25-11-16-42-17-12-25/h11-12,16-17,24,26-29,31-35,45-47H,8-10,13-15,18-23H2,1-7H3/t24-,26?,27+,28?,29?,31?,32?,33?,34?,35+,38?,39-,40?,41?/m1/s1. The summed E-state index contributed by atoms with van der Waals surface area (Å²) in [4.78, 5) is 19.2. The number of pyridine rings is 1. The number of nitrogens with zero attached hydrogens (tertiary/aromatic N) is 2. The molecule has 3 N–H and O–H groups in total. The third-order valence-electron chi connectivity index (χ3n) is 16.6. The fourth-order valence-electron chi connectivity index (χ4n) is 14.1. The molecular formula is C41H62N2O7. The van der Waals surface area contributed by atoms with Gasteiger partial charge in [0.1, 0.15) is 6.10 Å². The first-order valence-electron chi connectivity index (χ1n) is 19.7. The lowest BCUT2D eigenvalue weighted by molar-refractivity contribution is -0.248. The van der Waals surface area contributed by atoms with Crippen LogP contribution in [0.2, 0.25) is 0 Å². The summed E-state index contributed by atoms with van der Waals surface area (Å²) < 4.78 is 19.7. The summed E-state index contributed by atoms with van der Waals surface area (Å²) in [7, 11) is 0. The molecule has 5 saturated carbocycles. The average Bonchev–Trinajstić information content (AvgIpc) is 3.70. The molecule has 1 amide bonds. The van der Waals surface area contributed by atoms with Crippen molar-refractivity contribution in [2.24, 2.45) is 50.7 Å². The summed E-state index contributed by atoms with van der Waals surface area (Å²) in [6.45, 7) is 16.8. The molecule has 2 aliphatic heterocycles. The first-order valence-corrected chi connectivity index (χ1v) is 19.7. The lowest BCUT2D eigenvalue weighted by atomic mass is 9.41. The molecule has 5 aliphatic carbocycles. The smallest absolute Gasteiger partial charge is 0.227 e. The minimum Gasteiger partial charge on any atom is -0.390 e. The summed E-state index contributed by atoms with van der Waals surface area (Å²) in [6.07, 6.45) is 9.66. The van der Waals surface area contributed by atoms with Crippen LogP contribution in [-0.2, 0) is 25.4 Å². The Morgan fingerprint density at radius 2 is 1.78 bits per heavy atom. The van der Waals surface area contributed by atoms with Crippen LogP contribution in [0.3, 0.4) is 0 Å². The first kappa shape index (κ1) is 35.4. The van der Waals surface area contributed by atoms with Gasteiger partial charge in [-0.05, 0) is 128 Å². The fraction of sp³-hybridized carbons (Fsp3) is 0.854. The lowest BCUT2D eigenvalue weighted by Crippen LogP contribution is -2.60. The minimum absolute atomic E-state index is 0.0403. The molecule has 7 aliphatic rings. The van der Waals surface area contributed by atoms with E-state index in [0.29, 0.717) is 44.4 Å². The highest BCUT2D eigenvalue weighted by Crippen LogP contribution is 2.89. The van der Waals surface area contributed by atoms with Gasteiger partial charge in [0.2, 0.25) is 5.91 Å². The van der Waals surface area contributed by atoms with Gasteiger partial charge in [0.05, 0.1) is 49.6 Å². The van der Waals surface area contributed by atoms with Gasteiger partial charge in [-0.25, -0.2) is 0 Å². The van der Waals surface area contributed by atoms with Crippen molar-refractivity contribution < 1.29 is 34.3 Å². The Morgan fingerprint density at radius 1 is 1.08 bits per heavy atom. The van der Waals surface area contributed by atoms with E-state index in [-0.39, 0.29) is 57.0 Å². The van der Waals surface area contributed by atoms with Crippen molar-refractivity contribution in [2.75, 3.05) is 19.7 Å². The first-order chi connectivity index (χ1) is 23.5. The van der Waals surface area contributed by atoms with Crippen molar-refractivity contribution in [3.8, 4) is 0 Å². The fourth-order valence-corrected chi connectivity index (χ4v) is 14.1. The predicted octanol–water partition coefficient (Wildman–Crippen LogP) is 5.14. The van der Waals surface area contributed by atoms with E-state index in [1.165, 1.54) is 12.8 Å². The monoisotopic (exact) mass is 694 g/mol. The van der Waals surface area contributed by atoms with Gasteiger partial charge in [0, 0.05) is 24.4 Å². The van der Waals surface area contributed by atoms with Crippen LogP contribution in [0.5, 0.6) is 0 Å². The third-order valence-corrected chi connectivity index (χ3v) is 16.6. The predicted molar refractivity (Wildman–Crippen MR) is 188 cm³/mol. The summed E-state index contributed by atoms with van der Waals surface area (Å²) >= 11 is 0. The van der Waals surface area contributed by atoms with Crippen LogP contribution in [0.1, 0.15) is 105 Å². The Balaban J connectivity index is 0.985. The van der Waals surface area contributed by atoms with Crippen LogP contribution in [0.25, 0.3) is 0 Å². The molecule has 7 fully saturated rings. The number of hydrogen-bond donors (Lipinski definition) is 3. The molecule has 0 bridgehead atoms. The van der Waals surface area contributed by atoms with E-state index in [9.17, 15) is 20.1 Å². The maximum atomic E-state index is 13.2. The van der Waals surface area contributed by atoms with Crippen LogP contribution in [0.15, 0.2) is 24.5 Å². The largest absolute Gasteiger partial charge is 0.390 e. The van der Waals surface area contributed by atoms with Crippen LogP contribution < -0.4 is 0 Å². The van der Waals surface area contributed by atoms with Crippen LogP contribution in [0, 0.1) is 50.7 Å². The van der Waals surface area contributed by atoms with Crippen LogP contribution in [0.4, 0.5) is 0 Å². The van der Waals surface area contributed by atoms with E-state index in [2.05, 4.69) is 39.6 Å². The topological polar surface area (TPSA) is 122 Å². The molecule has 1 aromatic rings. The maximum Gasteiger partial charge on any atom is 0.227 e. The lowest BCUT2D eigenvalue weighted by Gasteiger charge is -2.64. The molecule has 14 atom stereocenters. The molecule has 8 rings (SSSR count). The molecule has 9 heteroatoms. The summed E-state index contributed by atoms with van der Waals surface area (Å²) in [5, 5.41) is 34.2. The highest BCUT2D eigenvalue weighted by molar-refractivity contribution is 5.78. The molecular weight excluding hydrogens is 632 g/mol. The van der Waals surface area contributed by atoms with Crippen molar-refractivity contribution in [2.45, 2.75) is 149 Å². The molecule has 0 radical (unpaired) electrons. The molecule has 1 aromatic heterocycles. The molecule has 50 heavy (non-hydrogen) atoms. The van der Waals surface area contributed by atoms with Gasteiger partial charge in [-0.1, -0.05) is 34.6 Å². The number of ether oxygens (including phenoxy) is 3. The summed E-state index contributed by atoms with van der Waals surface area (Å²) in [5.74, 6) is 1.57. The summed E-state index contributed by atoms with van der Waals surface area (Å²) in [5.41, 5.74) is -0.170. The number of morpholine rings is 1. The van der Waals surface area contributed by atoms with E-state index in [0.717, 1.165) is 37.7 Å². The Bertz CT molecular complexity index is 1470. The van der Waals surface area contributed by atoms with E-state index in [1.807, 2.05) is 17.0 Å². The number of amides is 1. The van der Waals surface area contributed by atoms with Crippen molar-refractivity contribution in [3.63, 3.8) is 0 Å². The second-order valence-electron chi connectivity index (χ2n) is 19.5. The number of aliphatic hydroxyl groups is 3. The summed E-state index contributed by atoms with van der Waals surface area (Å²) in [6, 6.07) is 3.79. The molecule has 2 saturated heterocycles. The number of rotatable bonds is 6. The van der Waals surface area contributed by atoms with Crippen molar-refractivity contribution >= 4 is 5.91 Å². The molecule has 0 aromatic carbocycles. The minimum atomic E-state index is -1.26. The zero-order chi connectivity index (χ0) is 35.6. The van der Waals surface area contributed by atoms with Gasteiger partial charge < -0.3 is 34.4 Å². The van der Waals surface area contributed by atoms with Gasteiger partial charge >= 0.3 is 0 Å². The van der Waals surface area contributed by atoms with Gasteiger partial charge in [-0.3, -0.25) is 9.78 Å². The quantitative estimate of drug-likeness (QED) is 0.375. The zero-order valence-corrected chi connectivity index (χ0v) is 31.4. The van der Waals surface area contributed by atoms with Gasteiger partial charge in [0.25, 0.3) is 0 Å².